The number of carboxylic acids is 3. The first-order chi connectivity index (χ1) is 14.2. The van der Waals surface area contributed by atoms with E-state index in [9.17, 15) is 14.4 Å². The van der Waals surface area contributed by atoms with E-state index in [0.29, 0.717) is 0 Å². The van der Waals surface area contributed by atoms with Gasteiger partial charge in [-0.05, 0) is 38.5 Å². The molecular weight excluding hydrogens is 528 g/mol. The molecular formula is C24H48NdO6. The van der Waals surface area contributed by atoms with Crippen molar-refractivity contribution in [2.75, 3.05) is 0 Å². The van der Waals surface area contributed by atoms with E-state index in [4.69, 9.17) is 15.3 Å². The normalized spacial score (nSPS) is 12.6. The van der Waals surface area contributed by atoms with Crippen LogP contribution in [0.3, 0.4) is 0 Å². The molecule has 184 valence electrons. The molecule has 0 fully saturated rings. The van der Waals surface area contributed by atoms with Crippen LogP contribution in [0, 0.1) is 58.6 Å². The first-order valence-electron chi connectivity index (χ1n) is 11.8. The predicted octanol–water partition coefficient (Wildman–Crippen LogP) is 6.86. The van der Waals surface area contributed by atoms with Crippen molar-refractivity contribution in [2.45, 2.75) is 119 Å². The van der Waals surface area contributed by atoms with Gasteiger partial charge in [-0.1, -0.05) is 80.1 Å². The van der Waals surface area contributed by atoms with E-state index in [1.54, 1.807) is 0 Å². The first-order valence-corrected chi connectivity index (χ1v) is 11.8. The molecule has 7 heteroatoms. The van der Waals surface area contributed by atoms with Crippen molar-refractivity contribution >= 4 is 17.9 Å². The molecule has 0 spiro atoms. The zero-order valence-corrected chi connectivity index (χ0v) is 24.0. The standard InChI is InChI=1S/3C8H16O2.Nd/c3*1-3-5-6-7(4-2)8(9)10;/h3*7H,3-6H2,1-2H3,(H,9,10);. The maximum atomic E-state index is 10.4. The number of hydrogen-bond acceptors (Lipinski definition) is 3. The van der Waals surface area contributed by atoms with Gasteiger partial charge in [0.1, 0.15) is 0 Å². The maximum absolute atomic E-state index is 10.4. The van der Waals surface area contributed by atoms with Gasteiger partial charge in [0.2, 0.25) is 0 Å². The van der Waals surface area contributed by atoms with Crippen molar-refractivity contribution in [1.29, 1.82) is 0 Å². The molecule has 0 aromatic heterocycles. The van der Waals surface area contributed by atoms with Crippen molar-refractivity contribution in [3.8, 4) is 0 Å². The minimum absolute atomic E-state index is 0. The molecule has 0 radical (unpaired) electrons. The summed E-state index contributed by atoms with van der Waals surface area (Å²) in [7, 11) is 0. The van der Waals surface area contributed by atoms with Gasteiger partial charge < -0.3 is 15.3 Å². The van der Waals surface area contributed by atoms with Crippen LogP contribution >= 0.6 is 0 Å². The molecule has 0 bridgehead atoms. The summed E-state index contributed by atoms with van der Waals surface area (Å²) in [6.45, 7) is 12.0. The topological polar surface area (TPSA) is 112 Å². The summed E-state index contributed by atoms with van der Waals surface area (Å²) >= 11 is 0. The molecule has 0 aromatic rings. The number of aliphatic carboxylic acids is 3. The predicted molar refractivity (Wildman–Crippen MR) is 123 cm³/mol. The van der Waals surface area contributed by atoms with Crippen LogP contribution in [0.25, 0.3) is 0 Å². The SMILES string of the molecule is CCCCC(CC)C(=O)O.CCCCC(CC)C(=O)O.CCCCC(CC)C(=O)O.[Nd]. The van der Waals surface area contributed by atoms with E-state index in [2.05, 4.69) is 20.8 Å². The Morgan fingerprint density at radius 3 is 0.806 bits per heavy atom. The molecule has 3 atom stereocenters. The van der Waals surface area contributed by atoms with E-state index in [0.717, 1.165) is 77.0 Å². The van der Waals surface area contributed by atoms with Crippen molar-refractivity contribution in [3.05, 3.63) is 0 Å². The van der Waals surface area contributed by atoms with Gasteiger partial charge in [-0.2, -0.15) is 0 Å². The van der Waals surface area contributed by atoms with Crippen molar-refractivity contribution < 1.29 is 70.5 Å². The minimum Gasteiger partial charge on any atom is -0.481 e. The van der Waals surface area contributed by atoms with E-state index >= 15 is 0 Å². The first kappa shape index (κ1) is 38.0. The number of rotatable bonds is 15. The molecule has 6 nitrogen and oxygen atoms in total. The summed E-state index contributed by atoms with van der Waals surface area (Å²) in [5.41, 5.74) is 0. The van der Waals surface area contributed by atoms with E-state index < -0.39 is 17.9 Å². The van der Waals surface area contributed by atoms with Crippen LogP contribution in [0.2, 0.25) is 0 Å². The van der Waals surface area contributed by atoms with Crippen LogP contribution in [-0.2, 0) is 14.4 Å². The fraction of sp³-hybridized carbons (Fsp3) is 0.875. The molecule has 0 aromatic carbocycles. The Morgan fingerprint density at radius 1 is 0.516 bits per heavy atom. The van der Waals surface area contributed by atoms with Crippen LogP contribution < -0.4 is 0 Å². The fourth-order valence-corrected chi connectivity index (χ4v) is 2.86. The van der Waals surface area contributed by atoms with Gasteiger partial charge in [-0.3, -0.25) is 14.4 Å². The second-order valence-corrected chi connectivity index (χ2v) is 7.76. The van der Waals surface area contributed by atoms with Gasteiger partial charge in [0.25, 0.3) is 0 Å². The monoisotopic (exact) mass is 574 g/mol. The van der Waals surface area contributed by atoms with E-state index in [1.165, 1.54) is 0 Å². The molecule has 0 amide bonds. The Balaban J connectivity index is -0.000000174. The van der Waals surface area contributed by atoms with Crippen LogP contribution in [0.15, 0.2) is 0 Å². The third-order valence-corrected chi connectivity index (χ3v) is 5.24. The zero-order valence-electron chi connectivity index (χ0n) is 20.8. The van der Waals surface area contributed by atoms with Crippen LogP contribution in [0.1, 0.15) is 119 Å². The molecule has 0 aliphatic heterocycles. The molecule has 0 aliphatic carbocycles. The Hall–Kier alpha value is -0.239. The molecule has 31 heavy (non-hydrogen) atoms. The average Bonchev–Trinajstić information content (AvgIpc) is 2.70. The van der Waals surface area contributed by atoms with Gasteiger partial charge >= 0.3 is 17.9 Å². The summed E-state index contributed by atoms with van der Waals surface area (Å²) in [4.78, 5) is 31.3. The summed E-state index contributed by atoms with van der Waals surface area (Å²) in [5, 5.41) is 25.8. The molecule has 0 aliphatic rings. The molecule has 0 saturated carbocycles. The summed E-state index contributed by atoms with van der Waals surface area (Å²) < 4.78 is 0. The smallest absolute Gasteiger partial charge is 0.306 e. The van der Waals surface area contributed by atoms with E-state index in [1.807, 2.05) is 20.8 Å². The number of carbonyl (C=O) groups is 3. The van der Waals surface area contributed by atoms with Crippen LogP contribution in [0.5, 0.6) is 0 Å². The van der Waals surface area contributed by atoms with Gasteiger partial charge in [0.05, 0.1) is 17.8 Å². The second-order valence-electron chi connectivity index (χ2n) is 7.76. The quantitative estimate of drug-likeness (QED) is 0.196. The largest absolute Gasteiger partial charge is 0.481 e. The molecule has 0 rings (SSSR count). The maximum Gasteiger partial charge on any atom is 0.306 e. The van der Waals surface area contributed by atoms with Crippen LogP contribution in [0.4, 0.5) is 0 Å². The fourth-order valence-electron chi connectivity index (χ4n) is 2.86. The average molecular weight is 577 g/mol. The Bertz CT molecular complexity index is 366. The Morgan fingerprint density at radius 2 is 0.710 bits per heavy atom. The van der Waals surface area contributed by atoms with Gasteiger partial charge in [-0.15, -0.1) is 0 Å². The van der Waals surface area contributed by atoms with Crippen molar-refractivity contribution in [2.24, 2.45) is 17.8 Å². The number of hydrogen-bond donors (Lipinski definition) is 3. The van der Waals surface area contributed by atoms with Crippen LogP contribution in [-0.4, -0.2) is 33.2 Å². The molecule has 0 saturated heterocycles. The zero-order chi connectivity index (χ0) is 23.9. The summed E-state index contributed by atoms with van der Waals surface area (Å²) in [6.07, 6.45) is 11.1. The molecule has 0 heterocycles. The minimum atomic E-state index is -0.643. The van der Waals surface area contributed by atoms with Crippen molar-refractivity contribution in [3.63, 3.8) is 0 Å². The summed E-state index contributed by atoms with van der Waals surface area (Å²) in [6, 6.07) is 0. The van der Waals surface area contributed by atoms with E-state index in [-0.39, 0.29) is 58.6 Å². The number of carboxylic acid groups (broad SMARTS) is 3. The van der Waals surface area contributed by atoms with Gasteiger partial charge in [-0.25, -0.2) is 0 Å². The Kier molecular flexibility index (Phi) is 34.1. The molecule has 3 N–H and O–H groups in total. The van der Waals surface area contributed by atoms with Gasteiger partial charge in [0.15, 0.2) is 0 Å². The van der Waals surface area contributed by atoms with Crippen molar-refractivity contribution in [1.82, 2.24) is 0 Å². The second kappa shape index (κ2) is 27.8. The van der Waals surface area contributed by atoms with Gasteiger partial charge in [0, 0.05) is 40.8 Å². The summed E-state index contributed by atoms with van der Waals surface area (Å²) in [5.74, 6) is -2.26. The third kappa shape index (κ3) is 25.9. The number of unbranched alkanes of at least 4 members (excludes halogenated alkanes) is 3. The molecule has 3 unspecified atom stereocenters. The third-order valence-electron chi connectivity index (χ3n) is 5.24. The Labute approximate surface area is 223 Å².